The zero-order valence-corrected chi connectivity index (χ0v) is 21.7. The lowest BCUT2D eigenvalue weighted by Crippen LogP contribution is -2.40. The standard InChI is InChI=1S/C31H34ClN3O/c1-23-6-8-25(9-7-23)21-35-29(20-27-4-2-3-5-30(27)35)22-34-18-15-26(16-19-34)31(36)33-17-14-24-10-12-28(32)13-11-24/h2-13,20,26H,14-19,21-22H2,1H3,(H,33,36). The monoisotopic (exact) mass is 499 g/mol. The van der Waals surface area contributed by atoms with Gasteiger partial charge in [-0.2, -0.15) is 0 Å². The summed E-state index contributed by atoms with van der Waals surface area (Å²) in [5.74, 6) is 0.294. The Morgan fingerprint density at radius 1 is 0.917 bits per heavy atom. The third-order valence-corrected chi connectivity index (χ3v) is 7.58. The second kappa shape index (κ2) is 11.3. The second-order valence-corrected chi connectivity index (χ2v) is 10.4. The lowest BCUT2D eigenvalue weighted by atomic mass is 9.95. The molecule has 4 aromatic rings. The van der Waals surface area contributed by atoms with Gasteiger partial charge in [0.15, 0.2) is 0 Å². The third-order valence-electron chi connectivity index (χ3n) is 7.33. The number of aromatic nitrogens is 1. The molecule has 0 spiro atoms. The van der Waals surface area contributed by atoms with Crippen LogP contribution in [-0.2, 0) is 24.3 Å². The summed E-state index contributed by atoms with van der Waals surface area (Å²) in [6.07, 6.45) is 2.64. The molecule has 0 bridgehead atoms. The van der Waals surface area contributed by atoms with E-state index in [1.807, 2.05) is 24.3 Å². The fourth-order valence-corrected chi connectivity index (χ4v) is 5.30. The molecule has 2 heterocycles. The Labute approximate surface area is 218 Å². The van der Waals surface area contributed by atoms with E-state index >= 15 is 0 Å². The van der Waals surface area contributed by atoms with E-state index in [0.29, 0.717) is 6.54 Å². The highest BCUT2D eigenvalue weighted by molar-refractivity contribution is 6.30. The first-order valence-electron chi connectivity index (χ1n) is 12.9. The molecule has 0 unspecified atom stereocenters. The maximum atomic E-state index is 12.8. The Hall–Kier alpha value is -3.08. The fraction of sp³-hybridized carbons (Fsp3) is 0.323. The van der Waals surface area contributed by atoms with Crippen molar-refractivity contribution in [1.29, 1.82) is 0 Å². The highest BCUT2D eigenvalue weighted by Gasteiger charge is 2.25. The minimum atomic E-state index is 0.102. The zero-order valence-electron chi connectivity index (χ0n) is 20.9. The van der Waals surface area contributed by atoms with E-state index in [4.69, 9.17) is 11.6 Å². The Morgan fingerprint density at radius 2 is 1.61 bits per heavy atom. The van der Waals surface area contributed by atoms with Crippen LogP contribution in [0.25, 0.3) is 10.9 Å². The molecule has 36 heavy (non-hydrogen) atoms. The second-order valence-electron chi connectivity index (χ2n) is 9.98. The van der Waals surface area contributed by atoms with Crippen LogP contribution < -0.4 is 5.32 Å². The number of nitrogens with one attached hydrogen (secondary N) is 1. The summed E-state index contributed by atoms with van der Waals surface area (Å²) < 4.78 is 2.45. The summed E-state index contributed by atoms with van der Waals surface area (Å²) in [5.41, 5.74) is 6.41. The van der Waals surface area contributed by atoms with Gasteiger partial charge in [-0.15, -0.1) is 0 Å². The van der Waals surface area contributed by atoms with Gasteiger partial charge in [0.2, 0.25) is 5.91 Å². The lowest BCUT2D eigenvalue weighted by Gasteiger charge is -2.31. The highest BCUT2D eigenvalue weighted by atomic mass is 35.5. The normalized spacial score (nSPS) is 14.8. The van der Waals surface area contributed by atoms with E-state index in [1.165, 1.54) is 33.3 Å². The van der Waals surface area contributed by atoms with Crippen molar-refractivity contribution in [2.75, 3.05) is 19.6 Å². The highest BCUT2D eigenvalue weighted by Crippen LogP contribution is 2.25. The van der Waals surface area contributed by atoms with Crippen LogP contribution in [0.15, 0.2) is 78.9 Å². The van der Waals surface area contributed by atoms with Crippen LogP contribution >= 0.6 is 11.6 Å². The molecule has 5 rings (SSSR count). The average Bonchev–Trinajstić information content (AvgIpc) is 3.23. The molecule has 1 fully saturated rings. The molecule has 1 saturated heterocycles. The minimum absolute atomic E-state index is 0.102. The quantitative estimate of drug-likeness (QED) is 0.312. The van der Waals surface area contributed by atoms with Gasteiger partial charge in [-0.25, -0.2) is 0 Å². The molecule has 1 amide bonds. The molecule has 3 aromatic carbocycles. The number of likely N-dealkylation sites (tertiary alicyclic amines) is 1. The van der Waals surface area contributed by atoms with Crippen LogP contribution in [0.1, 0.15) is 35.2 Å². The molecule has 0 radical (unpaired) electrons. The van der Waals surface area contributed by atoms with E-state index in [1.54, 1.807) is 0 Å². The maximum absolute atomic E-state index is 12.8. The maximum Gasteiger partial charge on any atom is 0.223 e. The first-order valence-corrected chi connectivity index (χ1v) is 13.3. The molecule has 1 aliphatic heterocycles. The first kappa shape index (κ1) is 24.6. The Morgan fingerprint density at radius 3 is 2.36 bits per heavy atom. The summed E-state index contributed by atoms with van der Waals surface area (Å²) in [7, 11) is 0. The van der Waals surface area contributed by atoms with Crippen LogP contribution in [0.5, 0.6) is 0 Å². The van der Waals surface area contributed by atoms with Gasteiger partial charge >= 0.3 is 0 Å². The number of aryl methyl sites for hydroxylation is 1. The van der Waals surface area contributed by atoms with Crippen molar-refractivity contribution in [3.8, 4) is 0 Å². The van der Waals surface area contributed by atoms with Crippen LogP contribution in [-0.4, -0.2) is 35.0 Å². The Kier molecular flexibility index (Phi) is 7.74. The minimum Gasteiger partial charge on any atom is -0.356 e. The van der Waals surface area contributed by atoms with Gasteiger partial charge < -0.3 is 9.88 Å². The Balaban J connectivity index is 1.17. The van der Waals surface area contributed by atoms with Gasteiger partial charge in [-0.1, -0.05) is 71.8 Å². The van der Waals surface area contributed by atoms with Crippen molar-refractivity contribution >= 4 is 28.4 Å². The van der Waals surface area contributed by atoms with Crippen molar-refractivity contribution < 1.29 is 4.79 Å². The third kappa shape index (κ3) is 6.00. The molecule has 0 saturated carbocycles. The van der Waals surface area contributed by atoms with Gasteiger partial charge in [-0.05, 0) is 80.1 Å². The molecule has 1 aliphatic rings. The summed E-state index contributed by atoms with van der Waals surface area (Å²) in [6.45, 7) is 6.47. The SMILES string of the molecule is Cc1ccc(Cn2c(CN3CCC(C(=O)NCCc4ccc(Cl)cc4)CC3)cc3ccccc32)cc1. The predicted molar refractivity (Wildman–Crippen MR) is 148 cm³/mol. The molecule has 5 heteroatoms. The van der Waals surface area contributed by atoms with E-state index < -0.39 is 0 Å². The van der Waals surface area contributed by atoms with Gasteiger partial charge in [0.1, 0.15) is 0 Å². The zero-order chi connectivity index (χ0) is 24.9. The molecule has 0 aliphatic carbocycles. The van der Waals surface area contributed by atoms with Crippen molar-refractivity contribution in [1.82, 2.24) is 14.8 Å². The molecule has 4 nitrogen and oxygen atoms in total. The van der Waals surface area contributed by atoms with Crippen LogP contribution in [0.4, 0.5) is 0 Å². The smallest absolute Gasteiger partial charge is 0.223 e. The number of nitrogens with zero attached hydrogens (tertiary/aromatic N) is 2. The number of hydrogen-bond acceptors (Lipinski definition) is 2. The number of para-hydroxylation sites is 1. The number of benzene rings is 3. The van der Waals surface area contributed by atoms with Crippen LogP contribution in [0.2, 0.25) is 5.02 Å². The lowest BCUT2D eigenvalue weighted by molar-refractivity contribution is -0.126. The Bertz CT molecular complexity index is 1300. The van der Waals surface area contributed by atoms with E-state index in [-0.39, 0.29) is 11.8 Å². The van der Waals surface area contributed by atoms with Crippen LogP contribution in [0.3, 0.4) is 0 Å². The topological polar surface area (TPSA) is 37.3 Å². The molecule has 0 atom stereocenters. The average molecular weight is 500 g/mol. The fourth-order valence-electron chi connectivity index (χ4n) is 5.17. The van der Waals surface area contributed by atoms with Crippen LogP contribution in [0, 0.1) is 12.8 Å². The van der Waals surface area contributed by atoms with Crippen molar-refractivity contribution in [3.05, 3.63) is 106 Å². The number of piperidine rings is 1. The molecule has 1 aromatic heterocycles. The number of carbonyl (C=O) groups excluding carboxylic acids is 1. The first-order chi connectivity index (χ1) is 17.5. The number of amides is 1. The summed E-state index contributed by atoms with van der Waals surface area (Å²) in [6, 6.07) is 27.6. The predicted octanol–water partition coefficient (Wildman–Crippen LogP) is 6.22. The summed E-state index contributed by atoms with van der Waals surface area (Å²) in [5, 5.41) is 5.17. The summed E-state index contributed by atoms with van der Waals surface area (Å²) >= 11 is 5.96. The number of rotatable bonds is 8. The van der Waals surface area contributed by atoms with Crippen molar-refractivity contribution in [2.45, 2.75) is 39.3 Å². The molecule has 186 valence electrons. The molecule has 1 N–H and O–H groups in total. The largest absolute Gasteiger partial charge is 0.356 e. The number of fused-ring (bicyclic) bond motifs is 1. The number of halogens is 1. The van der Waals surface area contributed by atoms with Gasteiger partial charge in [0.05, 0.1) is 0 Å². The van der Waals surface area contributed by atoms with Crippen molar-refractivity contribution in [2.24, 2.45) is 5.92 Å². The van der Waals surface area contributed by atoms with E-state index in [0.717, 1.165) is 50.5 Å². The molecular formula is C31H34ClN3O. The summed E-state index contributed by atoms with van der Waals surface area (Å²) in [4.78, 5) is 15.2. The van der Waals surface area contributed by atoms with Gasteiger partial charge in [-0.3, -0.25) is 9.69 Å². The van der Waals surface area contributed by atoms with E-state index in [2.05, 4.69) is 76.3 Å². The van der Waals surface area contributed by atoms with Crippen molar-refractivity contribution in [3.63, 3.8) is 0 Å². The molecular weight excluding hydrogens is 466 g/mol. The number of carbonyl (C=O) groups is 1. The number of hydrogen-bond donors (Lipinski definition) is 1. The van der Waals surface area contributed by atoms with Gasteiger partial charge in [0, 0.05) is 41.8 Å². The van der Waals surface area contributed by atoms with Gasteiger partial charge in [0.25, 0.3) is 0 Å². The van der Waals surface area contributed by atoms with E-state index in [9.17, 15) is 4.79 Å².